The minimum Gasteiger partial charge on any atom is -0.481 e. The molecule has 3 N–H and O–H groups in total. The van der Waals surface area contributed by atoms with Gasteiger partial charge in [0.05, 0.1) is 10.8 Å². The van der Waals surface area contributed by atoms with Crippen molar-refractivity contribution in [3.8, 4) is 0 Å². The maximum absolute atomic E-state index is 12.3. The molecule has 5 rings (SSSR count). The van der Waals surface area contributed by atoms with E-state index in [0.29, 0.717) is 36.6 Å². The highest BCUT2D eigenvalue weighted by Crippen LogP contribution is 2.41. The third kappa shape index (κ3) is 13.5. The molecule has 2 aliphatic carbocycles. The third-order valence-electron chi connectivity index (χ3n) is 10.9. The Hall–Kier alpha value is -3.85. The molecule has 296 valence electrons. The Morgan fingerprint density at radius 2 is 1.67 bits per heavy atom. The summed E-state index contributed by atoms with van der Waals surface area (Å²) in [5.74, 6) is 1.73. The van der Waals surface area contributed by atoms with E-state index in [2.05, 4.69) is 50.3 Å². The van der Waals surface area contributed by atoms with Crippen LogP contribution in [0.2, 0.25) is 0 Å². The van der Waals surface area contributed by atoms with Crippen LogP contribution in [0.1, 0.15) is 151 Å². The van der Waals surface area contributed by atoms with E-state index in [1.165, 1.54) is 79.6 Å². The fraction of sp³-hybridized carbons (Fsp3) is 0.578. The van der Waals surface area contributed by atoms with Gasteiger partial charge in [-0.1, -0.05) is 104 Å². The van der Waals surface area contributed by atoms with E-state index in [1.807, 2.05) is 57.5 Å². The number of rotatable bonds is 12. The molecule has 1 saturated carbocycles. The Morgan fingerprint density at radius 3 is 2.20 bits per heavy atom. The number of amides is 2. The highest BCUT2D eigenvalue weighted by molar-refractivity contribution is 7.14. The van der Waals surface area contributed by atoms with E-state index in [9.17, 15) is 14.4 Å². The van der Waals surface area contributed by atoms with Crippen molar-refractivity contribution >= 4 is 40.3 Å². The number of thiophene rings is 1. The minimum atomic E-state index is -0.829. The number of carboxylic acids is 1. The summed E-state index contributed by atoms with van der Waals surface area (Å²) in [5.41, 5.74) is 9.52. The number of carboxylic acid groups (broad SMARTS) is 1. The number of carbonyl (C=O) groups excluding carboxylic acids is 2. The number of primary amides is 1. The van der Waals surface area contributed by atoms with Gasteiger partial charge in [-0.3, -0.25) is 14.4 Å². The van der Waals surface area contributed by atoms with Crippen LogP contribution in [-0.2, 0) is 15.0 Å². The molecule has 2 aromatic rings. The molecule has 0 bridgehead atoms. The van der Waals surface area contributed by atoms with Crippen LogP contribution in [0.3, 0.4) is 0 Å². The number of aliphatic carboxylic acids is 1. The van der Waals surface area contributed by atoms with Crippen molar-refractivity contribution in [3.63, 3.8) is 0 Å². The molecular formula is C45H66N4O4S. The van der Waals surface area contributed by atoms with E-state index >= 15 is 0 Å². The summed E-state index contributed by atoms with van der Waals surface area (Å²) < 4.78 is 0. The molecule has 2 aromatic heterocycles. The second-order valence-electron chi connectivity index (χ2n) is 15.8. The molecule has 0 aromatic carbocycles. The fourth-order valence-electron chi connectivity index (χ4n) is 7.50. The van der Waals surface area contributed by atoms with Gasteiger partial charge in [-0.25, -0.2) is 9.97 Å². The average molecular weight is 759 g/mol. The Balaban J connectivity index is 0.000000473. The molecule has 2 amide bonds. The van der Waals surface area contributed by atoms with Gasteiger partial charge < -0.3 is 15.7 Å². The topological polar surface area (TPSA) is 126 Å². The van der Waals surface area contributed by atoms with Gasteiger partial charge in [0.2, 0.25) is 5.91 Å². The maximum atomic E-state index is 12.3. The highest BCUT2D eigenvalue weighted by Gasteiger charge is 2.35. The maximum Gasteiger partial charge on any atom is 0.310 e. The summed E-state index contributed by atoms with van der Waals surface area (Å²) in [6.07, 6.45) is 26.5. The lowest BCUT2D eigenvalue weighted by atomic mass is 9.73. The second kappa shape index (κ2) is 21.9. The van der Waals surface area contributed by atoms with E-state index in [-0.39, 0.29) is 17.2 Å². The first-order valence-corrected chi connectivity index (χ1v) is 21.0. The van der Waals surface area contributed by atoms with Crippen LogP contribution >= 0.6 is 11.3 Å². The lowest BCUT2D eigenvalue weighted by Crippen LogP contribution is -2.52. The number of nitrogens with zero attached hydrogens (tertiary/aromatic N) is 3. The van der Waals surface area contributed by atoms with Crippen molar-refractivity contribution < 1.29 is 19.5 Å². The van der Waals surface area contributed by atoms with Crippen molar-refractivity contribution in [3.05, 3.63) is 82.1 Å². The zero-order valence-electron chi connectivity index (χ0n) is 34.0. The summed E-state index contributed by atoms with van der Waals surface area (Å²) in [6, 6.07) is 3.75. The van der Waals surface area contributed by atoms with Gasteiger partial charge in [0, 0.05) is 47.9 Å². The molecule has 8 nitrogen and oxygen atoms in total. The molecule has 1 atom stereocenters. The number of carbonyl (C=O) groups is 3. The number of allylic oxidation sites excluding steroid dienone is 7. The van der Waals surface area contributed by atoms with Gasteiger partial charge in [-0.05, 0) is 92.7 Å². The zero-order valence-corrected chi connectivity index (χ0v) is 34.9. The van der Waals surface area contributed by atoms with Gasteiger partial charge >= 0.3 is 5.97 Å². The molecule has 1 aliphatic heterocycles. The molecule has 0 radical (unpaired) electrons. The predicted octanol–water partition coefficient (Wildman–Crippen LogP) is 10.7. The van der Waals surface area contributed by atoms with E-state index < -0.39 is 11.9 Å². The molecule has 9 heteroatoms. The second-order valence-corrected chi connectivity index (χ2v) is 16.9. The number of nitrogens with two attached hydrogens (primary N) is 1. The average Bonchev–Trinajstić information content (AvgIpc) is 3.53. The smallest absolute Gasteiger partial charge is 0.310 e. The molecule has 1 saturated heterocycles. The van der Waals surface area contributed by atoms with E-state index in [1.54, 1.807) is 11.0 Å². The number of aromatic nitrogens is 2. The molecule has 3 aliphatic rings. The van der Waals surface area contributed by atoms with Crippen molar-refractivity contribution in [2.75, 3.05) is 13.1 Å². The van der Waals surface area contributed by atoms with Crippen LogP contribution in [0.4, 0.5) is 0 Å². The summed E-state index contributed by atoms with van der Waals surface area (Å²) in [5, 5.41) is 8.99. The normalized spacial score (nSPS) is 20.7. The van der Waals surface area contributed by atoms with Crippen molar-refractivity contribution in [2.45, 2.75) is 131 Å². The van der Waals surface area contributed by atoms with Gasteiger partial charge in [-0.2, -0.15) is 0 Å². The Morgan fingerprint density at radius 1 is 1.00 bits per heavy atom. The Bertz CT molecular complexity index is 1620. The number of hydrogen-bond donors (Lipinski definition) is 2. The van der Waals surface area contributed by atoms with Crippen LogP contribution in [0.15, 0.2) is 61.0 Å². The highest BCUT2D eigenvalue weighted by atomic mass is 32.1. The number of hydrogen-bond acceptors (Lipinski definition) is 6. The summed E-state index contributed by atoms with van der Waals surface area (Å²) in [7, 11) is 0. The SMILES string of the molecule is C=C(/C=C\C(=C/C)CCC(=O)N1CC(C(=O)O)C1)c1ncc(C2=CCC(C3CCC(CCC)CC3)CCC2)cn1.CC.CC(C)(C)c1ccc(C(N)=O)s1. The lowest BCUT2D eigenvalue weighted by molar-refractivity contribution is -0.152. The first-order valence-electron chi connectivity index (χ1n) is 20.2. The van der Waals surface area contributed by atoms with Crippen molar-refractivity contribution in [1.29, 1.82) is 0 Å². The quantitative estimate of drug-likeness (QED) is 0.208. The fourth-order valence-corrected chi connectivity index (χ4v) is 8.42. The monoisotopic (exact) mass is 758 g/mol. The molecule has 0 spiro atoms. The predicted molar refractivity (Wildman–Crippen MR) is 224 cm³/mol. The Labute approximate surface area is 329 Å². The van der Waals surface area contributed by atoms with E-state index in [0.717, 1.165) is 40.9 Å². The summed E-state index contributed by atoms with van der Waals surface area (Å²) >= 11 is 1.47. The Kier molecular flexibility index (Phi) is 18.1. The van der Waals surface area contributed by atoms with Gasteiger partial charge in [0.25, 0.3) is 5.91 Å². The minimum absolute atomic E-state index is 0.00138. The molecule has 2 fully saturated rings. The van der Waals surface area contributed by atoms with Gasteiger partial charge in [-0.15, -0.1) is 11.3 Å². The van der Waals surface area contributed by atoms with Crippen LogP contribution < -0.4 is 5.73 Å². The zero-order chi connectivity index (χ0) is 39.8. The first-order chi connectivity index (χ1) is 25.8. The molecule has 1 unspecified atom stereocenters. The van der Waals surface area contributed by atoms with Crippen molar-refractivity contribution in [1.82, 2.24) is 14.9 Å². The molecular weight excluding hydrogens is 693 g/mol. The van der Waals surface area contributed by atoms with Gasteiger partial charge in [0.15, 0.2) is 5.82 Å². The van der Waals surface area contributed by atoms with E-state index in [4.69, 9.17) is 10.8 Å². The first kappa shape index (κ1) is 44.5. The van der Waals surface area contributed by atoms with Gasteiger partial charge in [0.1, 0.15) is 0 Å². The third-order valence-corrected chi connectivity index (χ3v) is 12.4. The molecule has 54 heavy (non-hydrogen) atoms. The largest absolute Gasteiger partial charge is 0.481 e. The lowest BCUT2D eigenvalue weighted by Gasteiger charge is -2.36. The molecule has 3 heterocycles. The summed E-state index contributed by atoms with van der Waals surface area (Å²) in [6.45, 7) is 19.4. The standard InChI is InChI=1S/C34H47N3O3.C9H13NOS.C2H6/c1-4-7-26-12-15-29(16-13-26)27-8-6-9-28(18-17-27)30-20-35-33(36-21-30)24(3)10-11-25(5-2)14-19-32(38)37-22-31(23-37)34(39)40;1-9(2,3)7-5-4-6(12-7)8(10)11;1-2/h5,10-11,18,20-21,26-27,29,31H,3-4,6-9,12-17,19,22-23H2,1-2H3,(H,39,40);4-5H,1-3H3,(H2,10,11);1-2H3/b11-10-,25-5+;;. The van der Waals surface area contributed by atoms with Crippen molar-refractivity contribution in [2.24, 2.45) is 29.4 Å². The van der Waals surface area contributed by atoms with Crippen LogP contribution in [0.5, 0.6) is 0 Å². The van der Waals surface area contributed by atoms with Crippen LogP contribution in [0.25, 0.3) is 11.1 Å². The van der Waals surface area contributed by atoms with Crippen LogP contribution in [0, 0.1) is 23.7 Å². The van der Waals surface area contributed by atoms with Crippen LogP contribution in [-0.4, -0.2) is 50.8 Å². The summed E-state index contributed by atoms with van der Waals surface area (Å²) in [4.78, 5) is 46.8. The number of likely N-dealkylation sites (tertiary alicyclic amines) is 1.